The summed E-state index contributed by atoms with van der Waals surface area (Å²) in [6.07, 6.45) is 0. The topological polar surface area (TPSA) is 63.4 Å². The molecule has 14 heavy (non-hydrogen) atoms. The van der Waals surface area contributed by atoms with Gasteiger partial charge in [0.2, 0.25) is 0 Å². The van der Waals surface area contributed by atoms with E-state index in [9.17, 15) is 10.1 Å². The molecule has 4 nitrogen and oxygen atoms in total. The van der Waals surface area contributed by atoms with Crippen molar-refractivity contribution in [1.29, 1.82) is 0 Å². The van der Waals surface area contributed by atoms with Crippen molar-refractivity contribution in [3.8, 4) is 0 Å². The van der Waals surface area contributed by atoms with E-state index in [1.807, 2.05) is 13.8 Å². The third kappa shape index (κ3) is 1.90. The molecular weight excluding hydrogens is 182 g/mol. The van der Waals surface area contributed by atoms with Crippen LogP contribution in [0.25, 0.3) is 0 Å². The Balaban J connectivity index is 3.35. The molecule has 0 aliphatic carbocycles. The number of hydrogen-bond donors (Lipinski definition) is 1. The second kappa shape index (κ2) is 4.19. The first-order chi connectivity index (χ1) is 6.57. The summed E-state index contributed by atoms with van der Waals surface area (Å²) in [5.74, 6) is 0.868. The Labute approximate surface area is 82.3 Å². The number of aliphatic hydroxyl groups excluding tert-OH is 1. The second-order valence-corrected chi connectivity index (χ2v) is 3.23. The van der Waals surface area contributed by atoms with Crippen LogP contribution in [0.5, 0.6) is 0 Å². The highest BCUT2D eigenvalue weighted by Gasteiger charge is 2.20. The molecule has 0 heterocycles. The summed E-state index contributed by atoms with van der Waals surface area (Å²) in [5.41, 5.74) is 0.949. The van der Waals surface area contributed by atoms with Gasteiger partial charge in [0, 0.05) is 11.5 Å². The predicted molar refractivity (Wildman–Crippen MR) is 52.7 cm³/mol. The van der Waals surface area contributed by atoms with Crippen LogP contribution in [0.15, 0.2) is 18.2 Å². The summed E-state index contributed by atoms with van der Waals surface area (Å²) < 4.78 is 0. The highest BCUT2D eigenvalue weighted by Crippen LogP contribution is 2.29. The van der Waals surface area contributed by atoms with Gasteiger partial charge < -0.3 is 5.11 Å². The van der Waals surface area contributed by atoms with Gasteiger partial charge in [0.05, 0.1) is 17.1 Å². The normalized spacial score (nSPS) is 10.6. The van der Waals surface area contributed by atoms with Crippen LogP contribution in [0, 0.1) is 16.0 Å². The van der Waals surface area contributed by atoms with Gasteiger partial charge in [-0.15, -0.1) is 0 Å². The molecule has 0 aliphatic rings. The number of nitrogens with zero attached hydrogens (tertiary/aromatic N) is 1. The number of nitro groups is 1. The molecule has 0 atom stereocenters. The Bertz CT molecular complexity index is 347. The van der Waals surface area contributed by atoms with Gasteiger partial charge in [0.25, 0.3) is 5.69 Å². The van der Waals surface area contributed by atoms with Crippen molar-refractivity contribution >= 4 is 5.69 Å². The van der Waals surface area contributed by atoms with E-state index in [1.54, 1.807) is 18.2 Å². The molecule has 0 aromatic heterocycles. The quantitative estimate of drug-likeness (QED) is 0.591. The van der Waals surface area contributed by atoms with Gasteiger partial charge in [-0.2, -0.15) is 0 Å². The summed E-state index contributed by atoms with van der Waals surface area (Å²) in [7, 11) is 0. The highest BCUT2D eigenvalue weighted by molar-refractivity contribution is 5.53. The van der Waals surface area contributed by atoms with Gasteiger partial charge >= 0.3 is 0 Å². The molecule has 0 amide bonds. The number of hydrogen-bond acceptors (Lipinski definition) is 3. The maximum atomic E-state index is 10.8. The van der Waals surface area contributed by atoms with Gasteiger partial charge in [0.1, 0.15) is 0 Å². The molecular formula is C10H12NO3. The molecule has 0 spiro atoms. The van der Waals surface area contributed by atoms with Gasteiger partial charge in [-0.1, -0.05) is 26.0 Å². The minimum Gasteiger partial charge on any atom is -0.391 e. The van der Waals surface area contributed by atoms with E-state index in [1.165, 1.54) is 0 Å². The fraction of sp³-hybridized carbons (Fsp3) is 0.300. The fourth-order valence-corrected chi connectivity index (χ4v) is 1.34. The molecule has 0 saturated heterocycles. The summed E-state index contributed by atoms with van der Waals surface area (Å²) in [4.78, 5) is 10.3. The molecule has 0 saturated carbocycles. The number of para-hydroxylation sites is 1. The van der Waals surface area contributed by atoms with Crippen molar-refractivity contribution in [2.24, 2.45) is 0 Å². The van der Waals surface area contributed by atoms with Crippen molar-refractivity contribution in [1.82, 2.24) is 0 Å². The third-order valence-corrected chi connectivity index (χ3v) is 2.01. The molecule has 0 bridgehead atoms. The maximum Gasteiger partial charge on any atom is 0.278 e. The van der Waals surface area contributed by atoms with Crippen LogP contribution in [-0.4, -0.2) is 10.0 Å². The van der Waals surface area contributed by atoms with Crippen molar-refractivity contribution in [3.05, 3.63) is 45.4 Å². The van der Waals surface area contributed by atoms with Crippen molar-refractivity contribution < 1.29 is 10.0 Å². The summed E-state index contributed by atoms with van der Waals surface area (Å²) in [6.45, 7) is 3.31. The monoisotopic (exact) mass is 194 g/mol. The van der Waals surface area contributed by atoms with E-state index >= 15 is 0 Å². The Morgan fingerprint density at radius 3 is 2.57 bits per heavy atom. The van der Waals surface area contributed by atoms with Gasteiger partial charge in [-0.3, -0.25) is 10.1 Å². The Morgan fingerprint density at radius 2 is 2.14 bits per heavy atom. The molecule has 1 N–H and O–H groups in total. The lowest BCUT2D eigenvalue weighted by molar-refractivity contribution is -0.386. The van der Waals surface area contributed by atoms with E-state index in [0.717, 1.165) is 5.92 Å². The second-order valence-electron chi connectivity index (χ2n) is 3.23. The van der Waals surface area contributed by atoms with Crippen LogP contribution in [-0.2, 0) is 6.61 Å². The molecule has 0 aliphatic heterocycles. The fourth-order valence-electron chi connectivity index (χ4n) is 1.34. The van der Waals surface area contributed by atoms with E-state index in [-0.39, 0.29) is 12.3 Å². The lowest BCUT2D eigenvalue weighted by Crippen LogP contribution is -2.02. The summed E-state index contributed by atoms with van der Waals surface area (Å²) >= 11 is 0. The third-order valence-electron chi connectivity index (χ3n) is 2.01. The van der Waals surface area contributed by atoms with E-state index in [0.29, 0.717) is 11.1 Å². The Morgan fingerprint density at radius 1 is 1.50 bits per heavy atom. The summed E-state index contributed by atoms with van der Waals surface area (Å²) in [5, 5.41) is 19.7. The molecule has 1 aromatic rings. The first kappa shape index (κ1) is 10.7. The van der Waals surface area contributed by atoms with Crippen LogP contribution in [0.2, 0.25) is 0 Å². The highest BCUT2D eigenvalue weighted by atomic mass is 16.6. The van der Waals surface area contributed by atoms with Crippen LogP contribution in [0.1, 0.15) is 25.0 Å². The zero-order valence-corrected chi connectivity index (χ0v) is 8.15. The van der Waals surface area contributed by atoms with E-state index in [4.69, 9.17) is 5.11 Å². The van der Waals surface area contributed by atoms with Crippen LogP contribution >= 0.6 is 0 Å². The average Bonchev–Trinajstić information content (AvgIpc) is 2.16. The Hall–Kier alpha value is -1.42. The minimum atomic E-state index is -0.451. The lowest BCUT2D eigenvalue weighted by atomic mass is 9.98. The van der Waals surface area contributed by atoms with E-state index < -0.39 is 4.92 Å². The largest absolute Gasteiger partial charge is 0.391 e. The smallest absolute Gasteiger partial charge is 0.278 e. The van der Waals surface area contributed by atoms with Crippen LogP contribution in [0.3, 0.4) is 0 Å². The summed E-state index contributed by atoms with van der Waals surface area (Å²) in [6, 6.07) is 4.96. The molecule has 1 rings (SSSR count). The zero-order valence-electron chi connectivity index (χ0n) is 8.15. The van der Waals surface area contributed by atoms with E-state index in [2.05, 4.69) is 0 Å². The van der Waals surface area contributed by atoms with Gasteiger partial charge in [-0.25, -0.2) is 0 Å². The van der Waals surface area contributed by atoms with Crippen molar-refractivity contribution in [2.75, 3.05) is 0 Å². The number of rotatable bonds is 3. The first-order valence-corrected chi connectivity index (χ1v) is 4.25. The molecule has 0 unspecified atom stereocenters. The lowest BCUT2D eigenvalue weighted by Gasteiger charge is -2.08. The predicted octanol–water partition coefficient (Wildman–Crippen LogP) is 2.05. The molecule has 4 heteroatoms. The number of benzene rings is 1. The molecule has 75 valence electrons. The molecule has 0 fully saturated rings. The zero-order chi connectivity index (χ0) is 10.7. The number of aliphatic hydroxyl groups is 1. The van der Waals surface area contributed by atoms with Crippen LogP contribution in [0.4, 0.5) is 5.69 Å². The van der Waals surface area contributed by atoms with Gasteiger partial charge in [-0.05, 0) is 6.07 Å². The Kier molecular flexibility index (Phi) is 3.19. The number of nitro benzene ring substituents is 1. The SMILES string of the molecule is C[C](C)c1cccc(CO)c1[N+](=O)[O-]. The standard InChI is InChI=1S/C10H12NO3/c1-7(2)9-5-3-4-8(6-12)10(9)11(13)14/h3-5,12H,6H2,1-2H3. The van der Waals surface area contributed by atoms with Crippen molar-refractivity contribution in [2.45, 2.75) is 20.5 Å². The van der Waals surface area contributed by atoms with Crippen LogP contribution < -0.4 is 0 Å². The minimum absolute atomic E-state index is 0.00926. The van der Waals surface area contributed by atoms with Gasteiger partial charge in [0.15, 0.2) is 0 Å². The van der Waals surface area contributed by atoms with Crippen molar-refractivity contribution in [3.63, 3.8) is 0 Å². The first-order valence-electron chi connectivity index (χ1n) is 4.25. The molecule has 1 radical (unpaired) electrons. The maximum absolute atomic E-state index is 10.8. The average molecular weight is 194 g/mol. The molecule has 1 aromatic carbocycles.